The van der Waals surface area contributed by atoms with E-state index in [9.17, 15) is 14.7 Å². The molecule has 2 N–H and O–H groups in total. The molecule has 6 nitrogen and oxygen atoms in total. The summed E-state index contributed by atoms with van der Waals surface area (Å²) < 4.78 is 5.29. The second-order valence-corrected chi connectivity index (χ2v) is 7.58. The van der Waals surface area contributed by atoms with E-state index in [2.05, 4.69) is 5.32 Å². The SMILES string of the molecule is CC(C)(C)OC(=O)N1CC(=CC(=O)N[C@@H]2CCc3c(O)cccc32)C1. The number of hydrogen-bond acceptors (Lipinski definition) is 4. The predicted octanol–water partition coefficient (Wildman–Crippen LogP) is 2.67. The fourth-order valence-corrected chi connectivity index (χ4v) is 3.17. The van der Waals surface area contributed by atoms with E-state index in [4.69, 9.17) is 4.74 Å². The minimum atomic E-state index is -0.519. The fraction of sp³-hybridized carbons (Fsp3) is 0.474. The summed E-state index contributed by atoms with van der Waals surface area (Å²) in [6.07, 6.45) is 2.74. The topological polar surface area (TPSA) is 78.9 Å². The third-order valence-electron chi connectivity index (χ3n) is 4.34. The maximum absolute atomic E-state index is 12.2. The number of nitrogens with one attached hydrogen (secondary N) is 1. The van der Waals surface area contributed by atoms with Crippen molar-refractivity contribution in [3.63, 3.8) is 0 Å². The molecule has 25 heavy (non-hydrogen) atoms. The van der Waals surface area contributed by atoms with Crippen LogP contribution >= 0.6 is 0 Å². The quantitative estimate of drug-likeness (QED) is 0.809. The molecule has 1 aliphatic heterocycles. The standard InChI is InChI=1S/C19H24N2O4/c1-19(2,3)25-18(24)21-10-12(11-21)9-17(23)20-15-8-7-14-13(15)5-4-6-16(14)22/h4-6,9,15,22H,7-8,10-11H2,1-3H3,(H,20,23)/t15-/m1/s1. The fourth-order valence-electron chi connectivity index (χ4n) is 3.17. The van der Waals surface area contributed by atoms with Crippen LogP contribution in [0.25, 0.3) is 0 Å². The Morgan fingerprint density at radius 2 is 2.04 bits per heavy atom. The maximum Gasteiger partial charge on any atom is 0.410 e. The zero-order chi connectivity index (χ0) is 18.2. The first kappa shape index (κ1) is 17.3. The molecule has 0 saturated carbocycles. The second-order valence-electron chi connectivity index (χ2n) is 7.58. The van der Waals surface area contributed by atoms with E-state index in [1.54, 1.807) is 23.1 Å². The molecule has 0 aromatic heterocycles. The molecule has 1 aromatic carbocycles. The molecule has 6 heteroatoms. The lowest BCUT2D eigenvalue weighted by Gasteiger charge is -2.35. The third-order valence-corrected chi connectivity index (χ3v) is 4.34. The highest BCUT2D eigenvalue weighted by atomic mass is 16.6. The van der Waals surface area contributed by atoms with Gasteiger partial charge in [-0.1, -0.05) is 12.1 Å². The number of aromatic hydroxyl groups is 1. The highest BCUT2D eigenvalue weighted by Crippen LogP contribution is 2.36. The van der Waals surface area contributed by atoms with Crippen molar-refractivity contribution >= 4 is 12.0 Å². The lowest BCUT2D eigenvalue weighted by atomic mass is 10.1. The minimum absolute atomic E-state index is 0.0755. The summed E-state index contributed by atoms with van der Waals surface area (Å²) in [5, 5.41) is 12.8. The van der Waals surface area contributed by atoms with Crippen molar-refractivity contribution in [1.82, 2.24) is 10.2 Å². The van der Waals surface area contributed by atoms with Crippen LogP contribution in [0.1, 0.15) is 44.4 Å². The molecule has 0 bridgehead atoms. The van der Waals surface area contributed by atoms with Crippen molar-refractivity contribution in [1.29, 1.82) is 0 Å². The van der Waals surface area contributed by atoms with Crippen LogP contribution in [0.3, 0.4) is 0 Å². The van der Waals surface area contributed by atoms with Crippen LogP contribution < -0.4 is 5.32 Å². The Bertz CT molecular complexity index is 725. The Morgan fingerprint density at radius 3 is 2.72 bits per heavy atom. The number of ether oxygens (including phenoxy) is 1. The van der Waals surface area contributed by atoms with Gasteiger partial charge >= 0.3 is 6.09 Å². The lowest BCUT2D eigenvalue weighted by Crippen LogP contribution is -2.47. The number of hydrogen-bond donors (Lipinski definition) is 2. The van der Waals surface area contributed by atoms with E-state index in [1.807, 2.05) is 26.8 Å². The molecule has 1 saturated heterocycles. The van der Waals surface area contributed by atoms with Gasteiger partial charge in [0.1, 0.15) is 11.4 Å². The summed E-state index contributed by atoms with van der Waals surface area (Å²) in [4.78, 5) is 25.7. The first-order valence-electron chi connectivity index (χ1n) is 8.51. The minimum Gasteiger partial charge on any atom is -0.508 e. The molecule has 1 aromatic rings. The van der Waals surface area contributed by atoms with Crippen molar-refractivity contribution in [3.05, 3.63) is 41.0 Å². The summed E-state index contributed by atoms with van der Waals surface area (Å²) in [5.41, 5.74) is 2.28. The molecule has 3 rings (SSSR count). The van der Waals surface area contributed by atoms with Crippen LogP contribution in [-0.4, -0.2) is 40.7 Å². The van der Waals surface area contributed by atoms with Gasteiger partial charge < -0.3 is 20.1 Å². The first-order chi connectivity index (χ1) is 11.7. The first-order valence-corrected chi connectivity index (χ1v) is 8.51. The van der Waals surface area contributed by atoms with Crippen molar-refractivity contribution in [2.45, 2.75) is 45.3 Å². The van der Waals surface area contributed by atoms with Gasteiger partial charge in [0.2, 0.25) is 5.91 Å². The molecule has 2 aliphatic rings. The lowest BCUT2D eigenvalue weighted by molar-refractivity contribution is -0.117. The summed E-state index contributed by atoms with van der Waals surface area (Å²) in [5.74, 6) is 0.125. The zero-order valence-corrected chi connectivity index (χ0v) is 14.8. The highest BCUT2D eigenvalue weighted by Gasteiger charge is 2.30. The van der Waals surface area contributed by atoms with E-state index in [0.717, 1.165) is 29.5 Å². The second kappa shape index (κ2) is 6.43. The van der Waals surface area contributed by atoms with Crippen molar-refractivity contribution in [2.75, 3.05) is 13.1 Å². The van der Waals surface area contributed by atoms with E-state index in [0.29, 0.717) is 18.8 Å². The maximum atomic E-state index is 12.2. The zero-order valence-electron chi connectivity index (χ0n) is 14.8. The van der Waals surface area contributed by atoms with E-state index < -0.39 is 5.60 Å². The number of phenolic OH excluding ortho intramolecular Hbond substituents is 1. The number of rotatable bonds is 2. The molecular weight excluding hydrogens is 320 g/mol. The number of likely N-dealkylation sites (tertiary alicyclic amines) is 1. The average molecular weight is 344 g/mol. The Morgan fingerprint density at radius 1 is 1.32 bits per heavy atom. The van der Waals surface area contributed by atoms with Crippen LogP contribution in [-0.2, 0) is 16.0 Å². The Balaban J connectivity index is 1.53. The molecule has 1 atom stereocenters. The summed E-state index contributed by atoms with van der Waals surface area (Å²) in [6.45, 7) is 6.32. The Kier molecular flexibility index (Phi) is 4.45. The normalized spacial score (nSPS) is 19.1. The number of phenols is 1. The number of carbonyl (C=O) groups is 2. The molecule has 134 valence electrons. The van der Waals surface area contributed by atoms with Gasteiger partial charge in [0.05, 0.1) is 6.04 Å². The molecule has 1 fully saturated rings. The molecule has 0 unspecified atom stereocenters. The van der Waals surface area contributed by atoms with Crippen LogP contribution in [0.2, 0.25) is 0 Å². The van der Waals surface area contributed by atoms with E-state index >= 15 is 0 Å². The molecule has 1 aliphatic carbocycles. The van der Waals surface area contributed by atoms with Crippen LogP contribution in [0.4, 0.5) is 4.79 Å². The number of benzene rings is 1. The van der Waals surface area contributed by atoms with Gasteiger partial charge in [0.15, 0.2) is 0 Å². The highest BCUT2D eigenvalue weighted by molar-refractivity contribution is 5.89. The number of amides is 2. The van der Waals surface area contributed by atoms with Crippen molar-refractivity contribution in [2.24, 2.45) is 0 Å². The smallest absolute Gasteiger partial charge is 0.410 e. The van der Waals surface area contributed by atoms with E-state index in [1.165, 1.54) is 0 Å². The van der Waals surface area contributed by atoms with Crippen LogP contribution in [0.5, 0.6) is 5.75 Å². The van der Waals surface area contributed by atoms with Gasteiger partial charge in [-0.25, -0.2) is 4.79 Å². The molecule has 1 heterocycles. The molecular formula is C19H24N2O4. The van der Waals surface area contributed by atoms with Gasteiger partial charge in [-0.3, -0.25) is 4.79 Å². The summed E-state index contributed by atoms with van der Waals surface area (Å²) >= 11 is 0. The van der Waals surface area contributed by atoms with Gasteiger partial charge in [0.25, 0.3) is 0 Å². The Hall–Kier alpha value is -2.50. The predicted molar refractivity (Wildman–Crippen MR) is 93.2 cm³/mol. The van der Waals surface area contributed by atoms with Crippen molar-refractivity contribution < 1.29 is 19.4 Å². The van der Waals surface area contributed by atoms with Gasteiger partial charge in [-0.15, -0.1) is 0 Å². The van der Waals surface area contributed by atoms with Gasteiger partial charge in [-0.2, -0.15) is 0 Å². The molecule has 2 amide bonds. The monoisotopic (exact) mass is 344 g/mol. The number of fused-ring (bicyclic) bond motifs is 1. The summed E-state index contributed by atoms with van der Waals surface area (Å²) in [6, 6.07) is 5.33. The third kappa shape index (κ3) is 3.95. The van der Waals surface area contributed by atoms with Gasteiger partial charge in [0, 0.05) is 19.2 Å². The van der Waals surface area contributed by atoms with Crippen molar-refractivity contribution in [3.8, 4) is 5.75 Å². The molecule has 0 radical (unpaired) electrons. The summed E-state index contributed by atoms with van der Waals surface area (Å²) in [7, 11) is 0. The largest absolute Gasteiger partial charge is 0.508 e. The van der Waals surface area contributed by atoms with E-state index in [-0.39, 0.29) is 18.0 Å². The number of nitrogens with zero attached hydrogens (tertiary/aromatic N) is 1. The van der Waals surface area contributed by atoms with Crippen LogP contribution in [0.15, 0.2) is 29.8 Å². The average Bonchev–Trinajstić information content (AvgIpc) is 2.85. The molecule has 0 spiro atoms. The number of carbonyl (C=O) groups excluding carboxylic acids is 2. The Labute approximate surface area is 147 Å². The van der Waals surface area contributed by atoms with Gasteiger partial charge in [-0.05, 0) is 56.4 Å². The van der Waals surface area contributed by atoms with Crippen LogP contribution in [0, 0.1) is 0 Å².